The van der Waals surface area contributed by atoms with E-state index in [2.05, 4.69) is 5.32 Å². The van der Waals surface area contributed by atoms with Crippen molar-refractivity contribution < 1.29 is 9.53 Å². The van der Waals surface area contributed by atoms with E-state index in [1.54, 1.807) is 0 Å². The van der Waals surface area contributed by atoms with Crippen LogP contribution in [0.25, 0.3) is 0 Å². The van der Waals surface area contributed by atoms with Gasteiger partial charge < -0.3 is 10.1 Å². The number of fused-ring (bicyclic) bond motifs is 2. The van der Waals surface area contributed by atoms with Gasteiger partial charge in [-0.25, -0.2) is 0 Å². The zero-order valence-electron chi connectivity index (χ0n) is 10.5. The molecule has 0 spiro atoms. The second-order valence-electron chi connectivity index (χ2n) is 5.45. The van der Waals surface area contributed by atoms with Crippen molar-refractivity contribution in [3.8, 4) is 5.75 Å². The van der Waals surface area contributed by atoms with Crippen LogP contribution in [0.5, 0.6) is 5.75 Å². The molecule has 0 aromatic heterocycles. The lowest BCUT2D eigenvalue weighted by molar-refractivity contribution is -0.124. The standard InChI is InChI=1S/C15H19NO2/c17-15(10-18-13-4-2-1-3-5-13)16-14-9-11-6-7-12(14)8-11/h1-5,11-12,14H,6-10H2,(H,16,17)/t11-,12+,14+/m1/s1. The first-order valence-electron chi connectivity index (χ1n) is 6.78. The van der Waals surface area contributed by atoms with Crippen LogP contribution in [-0.4, -0.2) is 18.6 Å². The van der Waals surface area contributed by atoms with Crippen molar-refractivity contribution >= 4 is 5.91 Å². The maximum atomic E-state index is 11.8. The Labute approximate surface area is 108 Å². The molecule has 0 saturated heterocycles. The van der Waals surface area contributed by atoms with Gasteiger partial charge in [-0.05, 0) is 43.2 Å². The summed E-state index contributed by atoms with van der Waals surface area (Å²) in [6.45, 7) is 0.123. The molecule has 1 amide bonds. The lowest BCUT2D eigenvalue weighted by atomic mass is 9.95. The summed E-state index contributed by atoms with van der Waals surface area (Å²) < 4.78 is 5.45. The Hall–Kier alpha value is -1.51. The Bertz CT molecular complexity index is 418. The molecule has 2 fully saturated rings. The Morgan fingerprint density at radius 3 is 2.72 bits per heavy atom. The minimum Gasteiger partial charge on any atom is -0.484 e. The molecule has 1 aromatic rings. The molecular formula is C15H19NO2. The van der Waals surface area contributed by atoms with Gasteiger partial charge >= 0.3 is 0 Å². The highest BCUT2D eigenvalue weighted by Gasteiger charge is 2.39. The molecule has 3 nitrogen and oxygen atoms in total. The van der Waals surface area contributed by atoms with Crippen LogP contribution in [-0.2, 0) is 4.79 Å². The molecule has 0 aliphatic heterocycles. The fraction of sp³-hybridized carbons (Fsp3) is 0.533. The number of hydrogen-bond acceptors (Lipinski definition) is 2. The zero-order chi connectivity index (χ0) is 12.4. The van der Waals surface area contributed by atoms with Gasteiger partial charge in [0.2, 0.25) is 0 Å². The summed E-state index contributed by atoms with van der Waals surface area (Å²) in [7, 11) is 0. The molecule has 18 heavy (non-hydrogen) atoms. The number of para-hydroxylation sites is 1. The molecule has 2 saturated carbocycles. The highest BCUT2D eigenvalue weighted by atomic mass is 16.5. The van der Waals surface area contributed by atoms with Crippen LogP contribution in [0.15, 0.2) is 30.3 Å². The normalized spacial score (nSPS) is 29.2. The summed E-state index contributed by atoms with van der Waals surface area (Å²) in [6, 6.07) is 9.88. The molecule has 96 valence electrons. The molecule has 2 aliphatic rings. The Balaban J connectivity index is 1.45. The molecule has 3 heteroatoms. The molecule has 3 atom stereocenters. The Morgan fingerprint density at radius 1 is 1.22 bits per heavy atom. The van der Waals surface area contributed by atoms with Gasteiger partial charge in [0.25, 0.3) is 5.91 Å². The van der Waals surface area contributed by atoms with Crippen molar-refractivity contribution in [1.29, 1.82) is 0 Å². The van der Waals surface area contributed by atoms with E-state index in [-0.39, 0.29) is 12.5 Å². The molecule has 2 aliphatic carbocycles. The predicted molar refractivity (Wildman–Crippen MR) is 69.3 cm³/mol. The summed E-state index contributed by atoms with van der Waals surface area (Å²) in [5, 5.41) is 3.12. The molecule has 2 bridgehead atoms. The van der Waals surface area contributed by atoms with Gasteiger partial charge in [-0.2, -0.15) is 0 Å². The number of rotatable bonds is 4. The molecule has 3 rings (SSSR count). The smallest absolute Gasteiger partial charge is 0.258 e. The molecule has 1 N–H and O–H groups in total. The maximum Gasteiger partial charge on any atom is 0.258 e. The zero-order valence-corrected chi connectivity index (χ0v) is 10.5. The van der Waals surface area contributed by atoms with Gasteiger partial charge in [-0.1, -0.05) is 24.6 Å². The number of carbonyl (C=O) groups is 1. The minimum absolute atomic E-state index is 0.0106. The predicted octanol–water partition coefficient (Wildman–Crippen LogP) is 2.37. The minimum atomic E-state index is 0.0106. The van der Waals surface area contributed by atoms with Crippen LogP contribution >= 0.6 is 0 Å². The average molecular weight is 245 g/mol. The maximum absolute atomic E-state index is 11.8. The first-order chi connectivity index (χ1) is 8.81. The summed E-state index contributed by atoms with van der Waals surface area (Å²) in [6.07, 6.45) is 5.12. The highest BCUT2D eigenvalue weighted by Crippen LogP contribution is 2.44. The van der Waals surface area contributed by atoms with Crippen LogP contribution in [0.2, 0.25) is 0 Å². The Morgan fingerprint density at radius 2 is 2.06 bits per heavy atom. The number of benzene rings is 1. The van der Waals surface area contributed by atoms with Gasteiger partial charge in [-0.15, -0.1) is 0 Å². The van der Waals surface area contributed by atoms with E-state index in [0.717, 1.165) is 17.6 Å². The Kier molecular flexibility index (Phi) is 3.22. The number of ether oxygens (including phenoxy) is 1. The van der Waals surface area contributed by atoms with Gasteiger partial charge in [0.1, 0.15) is 5.75 Å². The monoisotopic (exact) mass is 245 g/mol. The number of amides is 1. The quantitative estimate of drug-likeness (QED) is 0.884. The van der Waals surface area contributed by atoms with Crippen molar-refractivity contribution in [3.05, 3.63) is 30.3 Å². The molecule has 1 aromatic carbocycles. The topological polar surface area (TPSA) is 38.3 Å². The third kappa shape index (κ3) is 2.50. The van der Waals surface area contributed by atoms with E-state index in [9.17, 15) is 4.79 Å². The molecular weight excluding hydrogens is 226 g/mol. The van der Waals surface area contributed by atoms with Crippen LogP contribution in [0.4, 0.5) is 0 Å². The third-order valence-corrected chi connectivity index (χ3v) is 4.20. The molecule has 0 unspecified atom stereocenters. The van der Waals surface area contributed by atoms with E-state index in [4.69, 9.17) is 4.74 Å². The summed E-state index contributed by atoms with van der Waals surface area (Å²) in [5.41, 5.74) is 0. The van der Waals surface area contributed by atoms with Crippen LogP contribution in [0, 0.1) is 11.8 Å². The van der Waals surface area contributed by atoms with Gasteiger partial charge in [0.15, 0.2) is 6.61 Å². The van der Waals surface area contributed by atoms with Crippen LogP contribution in [0.3, 0.4) is 0 Å². The van der Waals surface area contributed by atoms with Gasteiger partial charge in [0, 0.05) is 6.04 Å². The van der Waals surface area contributed by atoms with E-state index in [1.165, 1.54) is 25.7 Å². The highest BCUT2D eigenvalue weighted by molar-refractivity contribution is 5.77. The van der Waals surface area contributed by atoms with Crippen molar-refractivity contribution in [3.63, 3.8) is 0 Å². The third-order valence-electron chi connectivity index (χ3n) is 4.20. The van der Waals surface area contributed by atoms with Gasteiger partial charge in [0.05, 0.1) is 0 Å². The first kappa shape index (κ1) is 11.6. The van der Waals surface area contributed by atoms with Crippen molar-refractivity contribution in [1.82, 2.24) is 5.32 Å². The van der Waals surface area contributed by atoms with E-state index in [1.807, 2.05) is 30.3 Å². The summed E-state index contributed by atoms with van der Waals surface area (Å²) >= 11 is 0. The van der Waals surface area contributed by atoms with Crippen molar-refractivity contribution in [2.45, 2.75) is 31.7 Å². The average Bonchev–Trinajstić information content (AvgIpc) is 3.00. The number of nitrogens with one attached hydrogen (secondary N) is 1. The molecule has 0 radical (unpaired) electrons. The summed E-state index contributed by atoms with van der Waals surface area (Å²) in [4.78, 5) is 11.8. The van der Waals surface area contributed by atoms with Gasteiger partial charge in [-0.3, -0.25) is 4.79 Å². The fourth-order valence-electron chi connectivity index (χ4n) is 3.34. The summed E-state index contributed by atoms with van der Waals surface area (Å²) in [5.74, 6) is 2.34. The SMILES string of the molecule is O=C(COc1ccccc1)N[C@H]1C[C@@H]2CC[C@H]1C2. The first-order valence-corrected chi connectivity index (χ1v) is 6.78. The van der Waals surface area contributed by atoms with E-state index in [0.29, 0.717) is 6.04 Å². The molecule has 0 heterocycles. The van der Waals surface area contributed by atoms with Crippen molar-refractivity contribution in [2.24, 2.45) is 11.8 Å². The van der Waals surface area contributed by atoms with E-state index < -0.39 is 0 Å². The second-order valence-corrected chi connectivity index (χ2v) is 5.45. The lowest BCUT2D eigenvalue weighted by Gasteiger charge is -2.22. The van der Waals surface area contributed by atoms with E-state index >= 15 is 0 Å². The largest absolute Gasteiger partial charge is 0.484 e. The van der Waals surface area contributed by atoms with Crippen molar-refractivity contribution in [2.75, 3.05) is 6.61 Å². The lowest BCUT2D eigenvalue weighted by Crippen LogP contribution is -2.40. The second kappa shape index (κ2) is 5.01. The van der Waals surface area contributed by atoms with Crippen LogP contribution < -0.4 is 10.1 Å². The number of carbonyl (C=O) groups excluding carboxylic acids is 1. The van der Waals surface area contributed by atoms with Crippen LogP contribution in [0.1, 0.15) is 25.7 Å². The number of hydrogen-bond donors (Lipinski definition) is 1. The fourth-order valence-corrected chi connectivity index (χ4v) is 3.34.